The minimum Gasteiger partial charge on any atom is -0.452 e. The molecule has 0 aliphatic carbocycles. The highest BCUT2D eigenvalue weighted by molar-refractivity contribution is 5.97. The van der Waals surface area contributed by atoms with Gasteiger partial charge in [0.2, 0.25) is 5.79 Å². The average Bonchev–Trinajstić information content (AvgIpc) is 3.08. The zero-order valence-corrected chi connectivity index (χ0v) is 25.7. The second kappa shape index (κ2) is 12.1. The second-order valence-electron chi connectivity index (χ2n) is 12.8. The van der Waals surface area contributed by atoms with Gasteiger partial charge < -0.3 is 28.8 Å². The third-order valence-electron chi connectivity index (χ3n) is 6.91. The number of benzene rings is 1. The van der Waals surface area contributed by atoms with Crippen molar-refractivity contribution in [1.29, 1.82) is 0 Å². The standard InChI is InChI=1S/C31H47NO8/c1-19(20(2)33)13-11-15-23-24(37-30(6,7)36-23)16-12-14-21-17-22(32(10)28(35)40-29(3,4)5)18-25-26(21)27(34)39-31(8,9)38-25/h11,13,17-20,23-24,33H,12,14-16H2,1-10H3/b13-11-/t19-,20?,23?,24?/m1/s1. The summed E-state index contributed by atoms with van der Waals surface area (Å²) >= 11 is 0. The Morgan fingerprint density at radius 2 is 1.75 bits per heavy atom. The van der Waals surface area contributed by atoms with Gasteiger partial charge >= 0.3 is 12.1 Å². The van der Waals surface area contributed by atoms with Gasteiger partial charge in [0.15, 0.2) is 5.79 Å². The first-order chi connectivity index (χ1) is 18.4. The highest BCUT2D eigenvalue weighted by Crippen LogP contribution is 2.39. The quantitative estimate of drug-likeness (QED) is 0.283. The van der Waals surface area contributed by atoms with E-state index in [-0.39, 0.29) is 18.1 Å². The summed E-state index contributed by atoms with van der Waals surface area (Å²) in [5.41, 5.74) is 1.01. The van der Waals surface area contributed by atoms with Crippen molar-refractivity contribution in [3.8, 4) is 5.75 Å². The van der Waals surface area contributed by atoms with Crippen LogP contribution in [0.3, 0.4) is 0 Å². The van der Waals surface area contributed by atoms with Gasteiger partial charge in [-0.15, -0.1) is 0 Å². The minimum absolute atomic E-state index is 0.0537. The summed E-state index contributed by atoms with van der Waals surface area (Å²) in [6, 6.07) is 3.50. The molecule has 1 aromatic carbocycles. The van der Waals surface area contributed by atoms with Crippen LogP contribution in [0.1, 0.15) is 97.5 Å². The SMILES string of the molecule is CC(O)[C@H](C)/C=C\CC1OC(C)(C)OC1CCCc1cc(N(C)C(=O)OC(C)(C)C)cc2c1C(=O)OC(C)(C)O2. The molecule has 3 unspecified atom stereocenters. The summed E-state index contributed by atoms with van der Waals surface area (Å²) in [7, 11) is 1.63. The maximum atomic E-state index is 13.0. The van der Waals surface area contributed by atoms with Crippen molar-refractivity contribution in [1.82, 2.24) is 0 Å². The third kappa shape index (κ3) is 8.44. The highest BCUT2D eigenvalue weighted by Gasteiger charge is 2.41. The van der Waals surface area contributed by atoms with Crippen molar-refractivity contribution in [3.63, 3.8) is 0 Å². The molecule has 2 heterocycles. The van der Waals surface area contributed by atoms with E-state index in [4.69, 9.17) is 23.7 Å². The first kappa shape index (κ1) is 31.9. The van der Waals surface area contributed by atoms with E-state index in [1.807, 2.05) is 59.8 Å². The molecule has 40 heavy (non-hydrogen) atoms. The van der Waals surface area contributed by atoms with E-state index in [9.17, 15) is 14.7 Å². The second-order valence-corrected chi connectivity index (χ2v) is 12.8. The highest BCUT2D eigenvalue weighted by atomic mass is 16.8. The number of amides is 1. The van der Waals surface area contributed by atoms with Gasteiger partial charge in [-0.2, -0.15) is 0 Å². The molecule has 1 saturated heterocycles. The zero-order chi connectivity index (χ0) is 30.0. The third-order valence-corrected chi connectivity index (χ3v) is 6.91. The summed E-state index contributed by atoms with van der Waals surface area (Å²) in [6.45, 7) is 16.3. The monoisotopic (exact) mass is 561 g/mol. The number of anilines is 1. The molecule has 1 fully saturated rings. The van der Waals surface area contributed by atoms with Crippen LogP contribution in [-0.2, 0) is 25.4 Å². The van der Waals surface area contributed by atoms with E-state index in [0.29, 0.717) is 42.7 Å². The largest absolute Gasteiger partial charge is 0.452 e. The average molecular weight is 562 g/mol. The number of carbonyl (C=O) groups is 2. The lowest BCUT2D eigenvalue weighted by molar-refractivity contribution is -0.146. The van der Waals surface area contributed by atoms with E-state index in [0.717, 1.165) is 5.56 Å². The maximum absolute atomic E-state index is 13.0. The van der Waals surface area contributed by atoms with Crippen LogP contribution in [0.4, 0.5) is 10.5 Å². The lowest BCUT2D eigenvalue weighted by atomic mass is 9.96. The number of nitrogens with zero attached hydrogens (tertiary/aromatic N) is 1. The zero-order valence-electron chi connectivity index (χ0n) is 25.7. The number of aliphatic hydroxyl groups is 1. The molecule has 4 atom stereocenters. The molecule has 0 bridgehead atoms. The van der Waals surface area contributed by atoms with Crippen LogP contribution in [0, 0.1) is 5.92 Å². The van der Waals surface area contributed by atoms with Gasteiger partial charge in [-0.25, -0.2) is 9.59 Å². The minimum atomic E-state index is -1.13. The number of carbonyl (C=O) groups excluding carboxylic acids is 2. The first-order valence-corrected chi connectivity index (χ1v) is 14.1. The smallest absolute Gasteiger partial charge is 0.414 e. The van der Waals surface area contributed by atoms with Gasteiger partial charge in [0.25, 0.3) is 0 Å². The number of cyclic esters (lactones) is 1. The van der Waals surface area contributed by atoms with E-state index < -0.39 is 35.3 Å². The molecule has 9 nitrogen and oxygen atoms in total. The van der Waals surface area contributed by atoms with Crippen molar-refractivity contribution in [2.24, 2.45) is 5.92 Å². The van der Waals surface area contributed by atoms with Crippen molar-refractivity contribution < 1.29 is 38.4 Å². The number of fused-ring (bicyclic) bond motifs is 1. The van der Waals surface area contributed by atoms with Gasteiger partial charge in [0.05, 0.1) is 24.0 Å². The molecule has 1 amide bonds. The van der Waals surface area contributed by atoms with Crippen LogP contribution < -0.4 is 9.64 Å². The molecule has 0 radical (unpaired) electrons. The van der Waals surface area contributed by atoms with E-state index in [2.05, 4.69) is 0 Å². The molecule has 0 aromatic heterocycles. The summed E-state index contributed by atoms with van der Waals surface area (Å²) in [6.07, 6.45) is 5.49. The van der Waals surface area contributed by atoms with Crippen molar-refractivity contribution in [2.75, 3.05) is 11.9 Å². The summed E-state index contributed by atoms with van der Waals surface area (Å²) in [4.78, 5) is 27.2. The number of esters is 1. The van der Waals surface area contributed by atoms with E-state index in [1.54, 1.807) is 33.9 Å². The van der Waals surface area contributed by atoms with E-state index in [1.165, 1.54) is 4.90 Å². The Kier molecular flexibility index (Phi) is 9.64. The Balaban J connectivity index is 1.80. The summed E-state index contributed by atoms with van der Waals surface area (Å²) in [5, 5.41) is 9.76. The lowest BCUT2D eigenvalue weighted by Crippen LogP contribution is -2.40. The normalized spacial score (nSPS) is 23.2. The lowest BCUT2D eigenvalue weighted by Gasteiger charge is -2.33. The molecule has 0 saturated carbocycles. The number of aliphatic hydroxyl groups excluding tert-OH is 1. The maximum Gasteiger partial charge on any atom is 0.414 e. The molecule has 2 aliphatic rings. The number of hydrogen-bond acceptors (Lipinski definition) is 8. The van der Waals surface area contributed by atoms with Gasteiger partial charge in [0, 0.05) is 27.0 Å². The van der Waals surface area contributed by atoms with Gasteiger partial charge in [0.1, 0.15) is 16.9 Å². The van der Waals surface area contributed by atoms with Crippen LogP contribution >= 0.6 is 0 Å². The Morgan fingerprint density at radius 1 is 1.10 bits per heavy atom. The molecule has 0 spiro atoms. The number of ether oxygens (including phenoxy) is 5. The fourth-order valence-corrected chi connectivity index (χ4v) is 4.79. The topological polar surface area (TPSA) is 104 Å². The van der Waals surface area contributed by atoms with Gasteiger partial charge in [-0.3, -0.25) is 4.90 Å². The Bertz CT molecular complexity index is 1100. The number of rotatable bonds is 9. The first-order valence-electron chi connectivity index (χ1n) is 14.1. The van der Waals surface area contributed by atoms with E-state index >= 15 is 0 Å². The summed E-state index contributed by atoms with van der Waals surface area (Å²) < 4.78 is 29.5. The predicted octanol–water partition coefficient (Wildman–Crippen LogP) is 6.15. The molecule has 3 rings (SSSR count). The molecule has 1 aromatic rings. The number of hydrogen-bond donors (Lipinski definition) is 1. The number of aryl methyl sites for hydroxylation is 1. The fourth-order valence-electron chi connectivity index (χ4n) is 4.79. The Hall–Kier alpha value is -2.62. The van der Waals surface area contributed by atoms with Gasteiger partial charge in [-0.05, 0) is 84.8 Å². The Morgan fingerprint density at radius 3 is 2.38 bits per heavy atom. The molecule has 9 heteroatoms. The molecule has 224 valence electrons. The predicted molar refractivity (Wildman–Crippen MR) is 153 cm³/mol. The van der Waals surface area contributed by atoms with Gasteiger partial charge in [-0.1, -0.05) is 19.1 Å². The van der Waals surface area contributed by atoms with Crippen molar-refractivity contribution in [3.05, 3.63) is 35.4 Å². The molecular formula is C31H47NO8. The van der Waals surface area contributed by atoms with Crippen molar-refractivity contribution in [2.45, 2.75) is 123 Å². The van der Waals surface area contributed by atoms with Crippen LogP contribution in [0.25, 0.3) is 0 Å². The molecule has 2 aliphatic heterocycles. The molecule has 1 N–H and O–H groups in total. The Labute approximate surface area is 238 Å². The van der Waals surface area contributed by atoms with Crippen LogP contribution in [0.2, 0.25) is 0 Å². The fraction of sp³-hybridized carbons (Fsp3) is 0.677. The van der Waals surface area contributed by atoms with Crippen LogP contribution in [0.15, 0.2) is 24.3 Å². The van der Waals surface area contributed by atoms with Crippen LogP contribution in [-0.4, -0.2) is 59.7 Å². The molecular weight excluding hydrogens is 514 g/mol. The van der Waals surface area contributed by atoms with Crippen molar-refractivity contribution >= 4 is 17.7 Å². The summed E-state index contributed by atoms with van der Waals surface area (Å²) in [5.74, 6) is -1.85. The van der Waals surface area contributed by atoms with Crippen LogP contribution in [0.5, 0.6) is 5.75 Å².